The van der Waals surface area contributed by atoms with Crippen molar-refractivity contribution in [1.29, 1.82) is 0 Å². The first kappa shape index (κ1) is 14.5. The fourth-order valence-electron chi connectivity index (χ4n) is 2.17. The van der Waals surface area contributed by atoms with Crippen LogP contribution in [-0.4, -0.2) is 21.6 Å². The summed E-state index contributed by atoms with van der Waals surface area (Å²) in [6, 6.07) is 13.3. The van der Waals surface area contributed by atoms with E-state index in [-0.39, 0.29) is 0 Å². The Morgan fingerprint density at radius 3 is 2.68 bits per heavy atom. The highest BCUT2D eigenvalue weighted by atomic mass is 32.1. The quantitative estimate of drug-likeness (QED) is 0.751. The number of phenols is 1. The van der Waals surface area contributed by atoms with Gasteiger partial charge in [0, 0.05) is 18.3 Å². The van der Waals surface area contributed by atoms with Gasteiger partial charge in [0.1, 0.15) is 11.6 Å². The third kappa shape index (κ3) is 3.62. The van der Waals surface area contributed by atoms with E-state index in [1.54, 1.807) is 23.5 Å². The molecule has 5 heteroatoms. The van der Waals surface area contributed by atoms with Gasteiger partial charge in [-0.15, -0.1) is 11.3 Å². The lowest BCUT2D eigenvalue weighted by Gasteiger charge is -2.08. The Morgan fingerprint density at radius 1 is 1.14 bits per heavy atom. The summed E-state index contributed by atoms with van der Waals surface area (Å²) in [6.07, 6.45) is 0.873. The summed E-state index contributed by atoms with van der Waals surface area (Å²) in [4.78, 5) is 10.1. The number of rotatable bonds is 5. The van der Waals surface area contributed by atoms with E-state index in [2.05, 4.69) is 15.3 Å². The smallest absolute Gasteiger partial charge is 0.171 e. The molecule has 0 atom stereocenters. The maximum Gasteiger partial charge on any atom is 0.171 e. The van der Waals surface area contributed by atoms with Crippen molar-refractivity contribution in [2.45, 2.75) is 13.3 Å². The SMILES string of the molecule is Cc1cc(NCCc2ccc(O)cc2)nc(-c2cccs2)n1. The molecule has 2 heterocycles. The summed E-state index contributed by atoms with van der Waals surface area (Å²) in [5.41, 5.74) is 2.13. The van der Waals surface area contributed by atoms with E-state index in [9.17, 15) is 5.11 Å². The van der Waals surface area contributed by atoms with Crippen molar-refractivity contribution in [2.75, 3.05) is 11.9 Å². The number of nitrogens with zero attached hydrogens (tertiary/aromatic N) is 2. The van der Waals surface area contributed by atoms with E-state index in [4.69, 9.17) is 0 Å². The Balaban J connectivity index is 1.66. The van der Waals surface area contributed by atoms with Gasteiger partial charge in [-0.1, -0.05) is 18.2 Å². The zero-order chi connectivity index (χ0) is 15.4. The fraction of sp³-hybridized carbons (Fsp3) is 0.176. The lowest BCUT2D eigenvalue weighted by molar-refractivity contribution is 0.475. The monoisotopic (exact) mass is 311 g/mol. The number of nitrogens with one attached hydrogen (secondary N) is 1. The summed E-state index contributed by atoms with van der Waals surface area (Å²) in [5, 5.41) is 14.6. The predicted octanol–water partition coefficient (Wildman–Crippen LogP) is 3.87. The van der Waals surface area contributed by atoms with Crippen molar-refractivity contribution in [3.05, 3.63) is 59.1 Å². The van der Waals surface area contributed by atoms with Gasteiger partial charge in [0.25, 0.3) is 0 Å². The predicted molar refractivity (Wildman–Crippen MR) is 90.4 cm³/mol. The molecule has 0 spiro atoms. The lowest BCUT2D eigenvalue weighted by atomic mass is 10.1. The first-order valence-electron chi connectivity index (χ1n) is 7.12. The van der Waals surface area contributed by atoms with Crippen molar-refractivity contribution in [3.63, 3.8) is 0 Å². The summed E-state index contributed by atoms with van der Waals surface area (Å²) < 4.78 is 0. The van der Waals surface area contributed by atoms with Gasteiger partial charge in [-0.2, -0.15) is 0 Å². The van der Waals surface area contributed by atoms with Gasteiger partial charge in [0.2, 0.25) is 0 Å². The first-order chi connectivity index (χ1) is 10.7. The van der Waals surface area contributed by atoms with E-state index in [0.717, 1.165) is 35.2 Å². The second kappa shape index (κ2) is 6.58. The van der Waals surface area contributed by atoms with Gasteiger partial charge >= 0.3 is 0 Å². The zero-order valence-corrected chi connectivity index (χ0v) is 13.1. The van der Waals surface area contributed by atoms with Gasteiger partial charge in [0.05, 0.1) is 4.88 Å². The fourth-order valence-corrected chi connectivity index (χ4v) is 2.83. The molecular weight excluding hydrogens is 294 g/mol. The minimum Gasteiger partial charge on any atom is -0.508 e. The Bertz CT molecular complexity index is 739. The van der Waals surface area contributed by atoms with Crippen LogP contribution in [0.25, 0.3) is 10.7 Å². The lowest BCUT2D eigenvalue weighted by Crippen LogP contribution is -2.07. The molecule has 112 valence electrons. The highest BCUT2D eigenvalue weighted by molar-refractivity contribution is 7.13. The number of anilines is 1. The first-order valence-corrected chi connectivity index (χ1v) is 8.00. The molecule has 3 rings (SSSR count). The van der Waals surface area contributed by atoms with Crippen LogP contribution in [0, 0.1) is 6.92 Å². The number of phenolic OH excluding ortho intramolecular Hbond substituents is 1. The number of aryl methyl sites for hydroxylation is 1. The minimum absolute atomic E-state index is 0.295. The number of hydrogen-bond donors (Lipinski definition) is 2. The molecule has 0 saturated carbocycles. The van der Waals surface area contributed by atoms with Crippen LogP contribution >= 0.6 is 11.3 Å². The molecule has 0 radical (unpaired) electrons. The number of aromatic hydroxyl groups is 1. The van der Waals surface area contributed by atoms with E-state index in [1.165, 1.54) is 5.56 Å². The van der Waals surface area contributed by atoms with Gasteiger partial charge in [0.15, 0.2) is 5.82 Å². The standard InChI is InChI=1S/C17H17N3OS/c1-12-11-16(20-17(19-12)15-3-2-10-22-15)18-9-8-13-4-6-14(21)7-5-13/h2-7,10-11,21H,8-9H2,1H3,(H,18,19,20). The number of aromatic nitrogens is 2. The van der Waals surface area contributed by atoms with Gasteiger partial charge < -0.3 is 10.4 Å². The second-order valence-electron chi connectivity index (χ2n) is 5.04. The maximum atomic E-state index is 9.28. The maximum absolute atomic E-state index is 9.28. The summed E-state index contributed by atoms with van der Waals surface area (Å²) >= 11 is 1.64. The molecular formula is C17H17N3OS. The molecule has 0 bridgehead atoms. The van der Waals surface area contributed by atoms with Crippen molar-refractivity contribution in [2.24, 2.45) is 0 Å². The average Bonchev–Trinajstić information content (AvgIpc) is 3.03. The van der Waals surface area contributed by atoms with Crippen LogP contribution < -0.4 is 5.32 Å². The van der Waals surface area contributed by atoms with E-state index in [0.29, 0.717) is 5.75 Å². The highest BCUT2D eigenvalue weighted by Gasteiger charge is 2.05. The largest absolute Gasteiger partial charge is 0.508 e. The molecule has 4 nitrogen and oxygen atoms in total. The Labute approximate surface area is 133 Å². The van der Waals surface area contributed by atoms with E-state index < -0.39 is 0 Å². The van der Waals surface area contributed by atoms with Gasteiger partial charge in [-0.25, -0.2) is 9.97 Å². The van der Waals surface area contributed by atoms with Crippen LogP contribution in [0.4, 0.5) is 5.82 Å². The average molecular weight is 311 g/mol. The van der Waals surface area contributed by atoms with Crippen LogP contribution in [0.3, 0.4) is 0 Å². The van der Waals surface area contributed by atoms with Crippen LogP contribution in [0.1, 0.15) is 11.3 Å². The van der Waals surface area contributed by atoms with E-state index >= 15 is 0 Å². The molecule has 0 unspecified atom stereocenters. The summed E-state index contributed by atoms with van der Waals surface area (Å²) in [5.74, 6) is 1.90. The van der Waals surface area contributed by atoms with Gasteiger partial charge in [-0.3, -0.25) is 0 Å². The summed E-state index contributed by atoms with van der Waals surface area (Å²) in [7, 11) is 0. The van der Waals surface area contributed by atoms with Crippen LogP contribution in [0.5, 0.6) is 5.75 Å². The van der Waals surface area contributed by atoms with E-state index in [1.807, 2.05) is 42.6 Å². The topological polar surface area (TPSA) is 58.0 Å². The van der Waals surface area contributed by atoms with Crippen LogP contribution in [0.15, 0.2) is 47.8 Å². The molecule has 0 saturated heterocycles. The molecule has 0 aliphatic heterocycles. The van der Waals surface area contributed by atoms with Crippen LogP contribution in [0.2, 0.25) is 0 Å². The molecule has 0 aliphatic carbocycles. The van der Waals surface area contributed by atoms with Crippen molar-refractivity contribution >= 4 is 17.2 Å². The number of benzene rings is 1. The third-order valence-electron chi connectivity index (χ3n) is 3.25. The molecule has 2 aromatic heterocycles. The Hall–Kier alpha value is -2.40. The molecule has 3 aromatic rings. The highest BCUT2D eigenvalue weighted by Crippen LogP contribution is 2.22. The number of thiophene rings is 1. The third-order valence-corrected chi connectivity index (χ3v) is 4.12. The Kier molecular flexibility index (Phi) is 4.34. The summed E-state index contributed by atoms with van der Waals surface area (Å²) in [6.45, 7) is 2.76. The molecule has 0 amide bonds. The Morgan fingerprint density at radius 2 is 1.95 bits per heavy atom. The van der Waals surface area contributed by atoms with Gasteiger partial charge in [-0.05, 0) is 42.5 Å². The van der Waals surface area contributed by atoms with Crippen LogP contribution in [-0.2, 0) is 6.42 Å². The molecule has 1 aromatic carbocycles. The molecule has 2 N–H and O–H groups in total. The molecule has 22 heavy (non-hydrogen) atoms. The van der Waals surface area contributed by atoms with Crippen molar-refractivity contribution in [1.82, 2.24) is 9.97 Å². The van der Waals surface area contributed by atoms with Crippen molar-refractivity contribution < 1.29 is 5.11 Å². The molecule has 0 aliphatic rings. The minimum atomic E-state index is 0.295. The molecule has 0 fully saturated rings. The van der Waals surface area contributed by atoms with Crippen molar-refractivity contribution in [3.8, 4) is 16.5 Å². The zero-order valence-electron chi connectivity index (χ0n) is 12.3. The normalized spacial score (nSPS) is 10.6. The number of hydrogen-bond acceptors (Lipinski definition) is 5. The second-order valence-corrected chi connectivity index (χ2v) is 5.99.